The minimum atomic E-state index is -0.381. The normalized spacial score (nSPS) is 12.1. The van der Waals surface area contributed by atoms with Crippen molar-refractivity contribution >= 4 is 133 Å². The van der Waals surface area contributed by atoms with Crippen molar-refractivity contribution in [3.63, 3.8) is 0 Å². The van der Waals surface area contributed by atoms with E-state index in [-0.39, 0.29) is 52.7 Å². The van der Waals surface area contributed by atoms with E-state index in [0.717, 1.165) is 90.1 Å². The number of nitrogens with zero attached hydrogens (tertiary/aromatic N) is 8. The highest BCUT2D eigenvalue weighted by Crippen LogP contribution is 2.31. The molecule has 0 bridgehead atoms. The van der Waals surface area contributed by atoms with Crippen LogP contribution in [0.3, 0.4) is 0 Å². The third kappa shape index (κ3) is 16.1. The Hall–Kier alpha value is -12.5. The SMILES string of the molecule is CC(=O)Nc1cc2c(/C=C/c3ccc(F)cc3)n[nH]c2cn1.Nc1cc2c(/C=C/c3ccc(F)cc3)n[nH]c2cn1.O=C(Nc1cc2c(/C=C/c3ccc(F)cc3)n[nH]c2cn1)C1CC1.O=C(Nc1cc2c(/C=C/c3ccc(F)cc3)n[nH]c2cn1)c1ccco1. The fourth-order valence-electron chi connectivity index (χ4n) is 8.81. The van der Waals surface area contributed by atoms with Gasteiger partial charge in [-0.3, -0.25) is 34.8 Å². The Morgan fingerprint density at radius 2 is 0.802 bits per heavy atom. The fraction of sp³-hybridized carbons (Fsp3) is 0.0597. The first-order valence-corrected chi connectivity index (χ1v) is 28.0. The lowest BCUT2D eigenvalue weighted by molar-refractivity contribution is -0.117. The summed E-state index contributed by atoms with van der Waals surface area (Å²) < 4.78 is 56.6. The van der Waals surface area contributed by atoms with Crippen LogP contribution >= 0.6 is 0 Å². The van der Waals surface area contributed by atoms with Crippen molar-refractivity contribution in [3.05, 3.63) is 239 Å². The number of nitrogens with one attached hydrogen (secondary N) is 7. The number of pyridine rings is 4. The summed E-state index contributed by atoms with van der Waals surface area (Å²) in [6.45, 7) is 1.43. The third-order valence-corrected chi connectivity index (χ3v) is 13.6. The van der Waals surface area contributed by atoms with Crippen molar-refractivity contribution in [1.29, 1.82) is 0 Å². The molecule has 9 N–H and O–H groups in total. The van der Waals surface area contributed by atoms with Crippen LogP contribution < -0.4 is 21.7 Å². The number of hydrogen-bond acceptors (Lipinski definition) is 13. The summed E-state index contributed by atoms with van der Waals surface area (Å²) in [4.78, 5) is 51.5. The van der Waals surface area contributed by atoms with Crippen molar-refractivity contribution in [2.75, 3.05) is 21.7 Å². The topological polar surface area (TPSA) is 293 Å². The van der Waals surface area contributed by atoms with Crippen molar-refractivity contribution in [2.45, 2.75) is 19.8 Å². The Kier molecular flexibility index (Phi) is 18.5. The number of nitrogens with two attached hydrogens (primary N) is 1. The lowest BCUT2D eigenvalue weighted by atomic mass is 10.1. The number of furan rings is 1. The first-order chi connectivity index (χ1) is 44.2. The van der Waals surface area contributed by atoms with Gasteiger partial charge in [-0.15, -0.1) is 0 Å². The van der Waals surface area contributed by atoms with Crippen molar-refractivity contribution in [2.24, 2.45) is 5.92 Å². The first-order valence-electron chi connectivity index (χ1n) is 28.0. The molecule has 1 aliphatic rings. The van der Waals surface area contributed by atoms with Crippen LogP contribution in [0.1, 0.15) is 75.3 Å². The van der Waals surface area contributed by atoms with E-state index in [1.54, 1.807) is 104 Å². The molecule has 14 rings (SSSR count). The highest BCUT2D eigenvalue weighted by molar-refractivity contribution is 6.03. The maximum atomic E-state index is 13.0. The van der Waals surface area contributed by atoms with Gasteiger partial charge >= 0.3 is 0 Å². The maximum Gasteiger partial charge on any atom is 0.292 e. The van der Waals surface area contributed by atoms with Gasteiger partial charge in [0, 0.05) is 34.4 Å². The number of carbonyl (C=O) groups is 3. The Morgan fingerprint density at radius 3 is 1.14 bits per heavy atom. The second kappa shape index (κ2) is 27.9. The molecule has 24 heteroatoms. The summed E-state index contributed by atoms with van der Waals surface area (Å²) in [5.74, 6) is 0.558. The molecule has 3 amide bonds. The summed E-state index contributed by atoms with van der Waals surface area (Å²) in [6.07, 6.45) is 24.6. The molecule has 9 heterocycles. The molecule has 0 radical (unpaired) electrons. The summed E-state index contributed by atoms with van der Waals surface area (Å²) in [7, 11) is 0. The van der Waals surface area contributed by atoms with Gasteiger partial charge in [-0.25, -0.2) is 37.5 Å². The zero-order valence-electron chi connectivity index (χ0n) is 48.0. The molecule has 0 spiro atoms. The van der Waals surface area contributed by atoms with Crippen molar-refractivity contribution in [1.82, 2.24) is 60.7 Å². The van der Waals surface area contributed by atoms with Crippen molar-refractivity contribution in [3.8, 4) is 0 Å². The number of amides is 3. The Balaban J connectivity index is 0.000000125. The van der Waals surface area contributed by atoms with Gasteiger partial charge < -0.3 is 26.1 Å². The molecule has 0 aliphatic heterocycles. The number of fused-ring (bicyclic) bond motifs is 4. The highest BCUT2D eigenvalue weighted by Gasteiger charge is 2.30. The molecular weight excluding hydrogens is 1170 g/mol. The average Bonchev–Trinajstić information content (AvgIpc) is 3.71. The predicted octanol–water partition coefficient (Wildman–Crippen LogP) is 13.8. The largest absolute Gasteiger partial charge is 0.459 e. The number of benzene rings is 4. The van der Waals surface area contributed by atoms with E-state index in [0.29, 0.717) is 34.7 Å². The van der Waals surface area contributed by atoms with E-state index in [1.807, 2.05) is 54.7 Å². The number of H-pyrrole nitrogens is 4. The van der Waals surface area contributed by atoms with Gasteiger partial charge in [-0.1, -0.05) is 72.8 Å². The van der Waals surface area contributed by atoms with Gasteiger partial charge in [0.05, 0.1) is 75.9 Å². The standard InChI is InChI=1S/C19H13FN4O2.C18H15FN4O.C16H13FN4O.C14H11FN4/c20-13-6-3-12(4-7-13)5-8-15-14-10-18(21-11-16(14)24-23-15)22-19(25)17-2-1-9-26-17;19-13-6-1-11(2-7-13)3-8-15-14-9-17(20-10-16(14)23-22-15)21-18(24)12-4-5-12;1-10(22)19-16-8-13-14(20-21-15(13)9-18-16)7-4-11-2-5-12(17)6-3-11;15-10-4-1-9(2-5-10)3-6-12-11-7-14(16)17-8-13(11)19-18-12/h1-11H,(H,23,24)(H,21,22,25);1-3,6-10,12H,4-5H2,(H,22,23)(H,20,21,24);2-9H,1H3,(H,20,21)(H,18,19,22);1-8H,(H2,16,17)(H,18,19)/b8-5+;8-3+;7-4+;6-3+. The zero-order chi connectivity index (χ0) is 63.2. The number of aromatic amines is 4. The van der Waals surface area contributed by atoms with Crippen LogP contribution in [0.4, 0.5) is 40.8 Å². The fourth-order valence-corrected chi connectivity index (χ4v) is 8.81. The molecular formula is C67H52F4N16O4. The quantitative estimate of drug-likeness (QED) is 0.0499. The highest BCUT2D eigenvalue weighted by atomic mass is 19.1. The summed E-state index contributed by atoms with van der Waals surface area (Å²) in [5.41, 5.74) is 15.2. The number of hydrogen-bond donors (Lipinski definition) is 8. The number of anilines is 4. The second-order valence-corrected chi connectivity index (χ2v) is 20.4. The molecule has 20 nitrogen and oxygen atoms in total. The molecule has 4 aromatic carbocycles. The molecule has 452 valence electrons. The van der Waals surface area contributed by atoms with Gasteiger partial charge in [0.25, 0.3) is 5.91 Å². The van der Waals surface area contributed by atoms with Gasteiger partial charge in [0.1, 0.15) is 46.5 Å². The van der Waals surface area contributed by atoms with Crippen LogP contribution in [-0.2, 0) is 9.59 Å². The minimum absolute atomic E-state index is 0.0220. The average molecular weight is 1220 g/mol. The molecule has 1 aliphatic carbocycles. The summed E-state index contributed by atoms with van der Waals surface area (Å²) in [5, 5.41) is 40.0. The lowest BCUT2D eigenvalue weighted by Crippen LogP contribution is -2.14. The van der Waals surface area contributed by atoms with Gasteiger partial charge in [-0.05, 0) is 144 Å². The van der Waals surface area contributed by atoms with Crippen LogP contribution in [-0.4, -0.2) is 78.4 Å². The predicted molar refractivity (Wildman–Crippen MR) is 344 cm³/mol. The maximum absolute atomic E-state index is 13.0. The molecule has 0 saturated heterocycles. The lowest BCUT2D eigenvalue weighted by Gasteiger charge is -2.02. The van der Waals surface area contributed by atoms with E-state index < -0.39 is 0 Å². The molecule has 0 atom stereocenters. The number of carbonyl (C=O) groups excluding carboxylic acids is 3. The minimum Gasteiger partial charge on any atom is -0.459 e. The Bertz CT molecular complexity index is 4820. The molecule has 13 aromatic rings. The van der Waals surface area contributed by atoms with Crippen LogP contribution in [0, 0.1) is 29.2 Å². The smallest absolute Gasteiger partial charge is 0.292 e. The van der Waals surface area contributed by atoms with E-state index in [2.05, 4.69) is 76.7 Å². The van der Waals surface area contributed by atoms with E-state index in [1.165, 1.54) is 61.7 Å². The molecule has 91 heavy (non-hydrogen) atoms. The number of rotatable bonds is 13. The third-order valence-electron chi connectivity index (χ3n) is 13.6. The Labute approximate surface area is 514 Å². The monoisotopic (exact) mass is 1220 g/mol. The number of halogens is 4. The molecule has 1 saturated carbocycles. The molecule has 1 fully saturated rings. The Morgan fingerprint density at radius 1 is 0.462 bits per heavy atom. The molecule has 0 unspecified atom stereocenters. The number of nitrogen functional groups attached to an aromatic ring is 1. The summed E-state index contributed by atoms with van der Waals surface area (Å²) >= 11 is 0. The van der Waals surface area contributed by atoms with E-state index in [9.17, 15) is 31.9 Å². The van der Waals surface area contributed by atoms with E-state index in [4.69, 9.17) is 10.2 Å². The van der Waals surface area contributed by atoms with Crippen LogP contribution in [0.5, 0.6) is 0 Å². The van der Waals surface area contributed by atoms with E-state index >= 15 is 0 Å². The van der Waals surface area contributed by atoms with Gasteiger partial charge in [0.15, 0.2) is 5.76 Å². The number of aromatic nitrogens is 12. The first kappa shape index (κ1) is 60.2. The second-order valence-electron chi connectivity index (χ2n) is 20.4. The summed E-state index contributed by atoms with van der Waals surface area (Å²) in [6, 6.07) is 35.1. The van der Waals surface area contributed by atoms with Crippen molar-refractivity contribution < 1.29 is 36.4 Å². The molecule has 9 aromatic heterocycles. The van der Waals surface area contributed by atoms with Gasteiger partial charge in [0.2, 0.25) is 11.8 Å². The van der Waals surface area contributed by atoms with Gasteiger partial charge in [-0.2, -0.15) is 20.4 Å². The van der Waals surface area contributed by atoms with Crippen LogP contribution in [0.15, 0.2) is 169 Å². The van der Waals surface area contributed by atoms with Crippen LogP contribution in [0.2, 0.25) is 0 Å². The van der Waals surface area contributed by atoms with Crippen LogP contribution in [0.25, 0.3) is 92.2 Å². The zero-order valence-corrected chi connectivity index (χ0v) is 48.0.